The number of hydrogen-bond acceptors (Lipinski definition) is 3. The van der Waals surface area contributed by atoms with Gasteiger partial charge in [0.05, 0.1) is 6.54 Å². The van der Waals surface area contributed by atoms with Gasteiger partial charge in [-0.25, -0.2) is 0 Å². The highest BCUT2D eigenvalue weighted by atomic mass is 16.4. The molecule has 0 aromatic rings. The predicted octanol–water partition coefficient (Wildman–Crippen LogP) is -0.554. The lowest BCUT2D eigenvalue weighted by Gasteiger charge is -2.16. The Balaban J connectivity index is 3.69. The zero-order chi connectivity index (χ0) is 11.8. The Bertz CT molecular complexity index is 252. The third kappa shape index (κ3) is 7.48. The highest BCUT2D eigenvalue weighted by molar-refractivity contribution is 5.83. The monoisotopic (exact) mass is 216 g/mol. The van der Waals surface area contributed by atoms with E-state index in [4.69, 9.17) is 5.11 Å². The Kier molecular flexibility index (Phi) is 6.08. The van der Waals surface area contributed by atoms with Gasteiger partial charge in [-0.15, -0.1) is 0 Å². The van der Waals surface area contributed by atoms with Gasteiger partial charge in [0.1, 0.15) is 0 Å². The molecule has 0 aliphatic rings. The number of hydrogen-bond donors (Lipinski definition) is 2. The van der Waals surface area contributed by atoms with Crippen molar-refractivity contribution in [3.8, 4) is 0 Å². The molecule has 86 valence electrons. The molecule has 0 atom stereocenters. The average molecular weight is 216 g/mol. The Labute approximate surface area is 88.2 Å². The molecule has 0 aliphatic heterocycles. The van der Waals surface area contributed by atoms with Gasteiger partial charge in [0.2, 0.25) is 11.8 Å². The molecule has 0 unspecified atom stereocenters. The third-order valence-corrected chi connectivity index (χ3v) is 1.80. The topological polar surface area (TPSA) is 86.7 Å². The first kappa shape index (κ1) is 13.4. The molecule has 0 aromatic carbocycles. The minimum atomic E-state index is -0.877. The van der Waals surface area contributed by atoms with Gasteiger partial charge >= 0.3 is 5.97 Å². The molecule has 2 amide bonds. The van der Waals surface area contributed by atoms with Gasteiger partial charge in [0.15, 0.2) is 0 Å². The van der Waals surface area contributed by atoms with E-state index < -0.39 is 5.97 Å². The van der Waals surface area contributed by atoms with Crippen LogP contribution in [0, 0.1) is 0 Å². The maximum Gasteiger partial charge on any atom is 0.303 e. The summed E-state index contributed by atoms with van der Waals surface area (Å²) in [5.74, 6) is -1.37. The molecule has 0 fully saturated rings. The highest BCUT2D eigenvalue weighted by Gasteiger charge is 2.08. The third-order valence-electron chi connectivity index (χ3n) is 1.80. The van der Waals surface area contributed by atoms with Gasteiger partial charge < -0.3 is 15.3 Å². The van der Waals surface area contributed by atoms with E-state index in [0.29, 0.717) is 13.0 Å². The van der Waals surface area contributed by atoms with E-state index in [-0.39, 0.29) is 24.8 Å². The van der Waals surface area contributed by atoms with E-state index in [0.717, 1.165) is 0 Å². The van der Waals surface area contributed by atoms with Crippen LogP contribution in [0.4, 0.5) is 0 Å². The summed E-state index contributed by atoms with van der Waals surface area (Å²) in [6, 6.07) is 0. The van der Waals surface area contributed by atoms with Crippen LogP contribution in [0.3, 0.4) is 0 Å². The second kappa shape index (κ2) is 6.80. The lowest BCUT2D eigenvalue weighted by atomic mass is 10.3. The van der Waals surface area contributed by atoms with Crippen molar-refractivity contribution in [2.45, 2.75) is 19.8 Å². The molecule has 2 N–H and O–H groups in total. The van der Waals surface area contributed by atoms with Crippen LogP contribution in [-0.2, 0) is 14.4 Å². The second-order valence-electron chi connectivity index (χ2n) is 3.22. The largest absolute Gasteiger partial charge is 0.481 e. The molecule has 0 saturated heterocycles. The number of carbonyl (C=O) groups excluding carboxylic acids is 2. The summed E-state index contributed by atoms with van der Waals surface area (Å²) >= 11 is 0. The molecular weight excluding hydrogens is 200 g/mol. The van der Waals surface area contributed by atoms with Crippen LogP contribution < -0.4 is 5.32 Å². The highest BCUT2D eigenvalue weighted by Crippen LogP contribution is 1.93. The first-order chi connectivity index (χ1) is 6.93. The summed E-state index contributed by atoms with van der Waals surface area (Å²) < 4.78 is 0. The second-order valence-corrected chi connectivity index (χ2v) is 3.22. The van der Waals surface area contributed by atoms with E-state index in [9.17, 15) is 14.4 Å². The number of likely N-dealkylation sites (N-methyl/N-ethyl adjacent to an activating group) is 1. The van der Waals surface area contributed by atoms with Gasteiger partial charge in [0.25, 0.3) is 0 Å². The van der Waals surface area contributed by atoms with Gasteiger partial charge in [-0.05, 0) is 6.42 Å². The van der Waals surface area contributed by atoms with E-state index in [1.807, 2.05) is 0 Å². The van der Waals surface area contributed by atoms with Gasteiger partial charge in [0, 0.05) is 26.9 Å². The van der Waals surface area contributed by atoms with Crippen LogP contribution in [-0.4, -0.2) is 47.9 Å². The number of aliphatic carboxylic acids is 1. The molecular formula is C9H16N2O4. The molecule has 6 nitrogen and oxygen atoms in total. The number of carboxylic acid groups (broad SMARTS) is 1. The summed E-state index contributed by atoms with van der Waals surface area (Å²) in [5, 5.41) is 10.8. The van der Waals surface area contributed by atoms with Crippen LogP contribution in [0.25, 0.3) is 0 Å². The van der Waals surface area contributed by atoms with Crippen molar-refractivity contribution in [2.24, 2.45) is 0 Å². The Morgan fingerprint density at radius 3 is 2.40 bits per heavy atom. The van der Waals surface area contributed by atoms with Crippen LogP contribution in [0.15, 0.2) is 0 Å². The number of carbonyl (C=O) groups is 3. The number of amides is 2. The molecule has 6 heteroatoms. The number of nitrogens with zero attached hydrogens (tertiary/aromatic N) is 1. The fourth-order valence-electron chi connectivity index (χ4n) is 0.927. The van der Waals surface area contributed by atoms with Gasteiger partial charge in [-0.1, -0.05) is 0 Å². The van der Waals surface area contributed by atoms with Crippen molar-refractivity contribution in [3.05, 3.63) is 0 Å². The maximum absolute atomic E-state index is 11.3. The van der Waals surface area contributed by atoms with Crippen LogP contribution >= 0.6 is 0 Å². The molecule has 0 aliphatic carbocycles. The first-order valence-electron chi connectivity index (χ1n) is 4.63. The average Bonchev–Trinajstić information content (AvgIpc) is 2.13. The fourth-order valence-corrected chi connectivity index (χ4v) is 0.927. The van der Waals surface area contributed by atoms with Crippen molar-refractivity contribution in [1.82, 2.24) is 10.2 Å². The quantitative estimate of drug-likeness (QED) is 0.623. The molecule has 0 bridgehead atoms. The van der Waals surface area contributed by atoms with Crippen molar-refractivity contribution in [1.29, 1.82) is 0 Å². The standard InChI is InChI=1S/C9H16N2O4/c1-7(12)10-6-8(13)11(2)5-3-4-9(14)15/h3-6H2,1-2H3,(H,10,12)(H,14,15). The van der Waals surface area contributed by atoms with Gasteiger partial charge in [-0.3, -0.25) is 14.4 Å². The van der Waals surface area contributed by atoms with Crippen LogP contribution in [0.1, 0.15) is 19.8 Å². The Hall–Kier alpha value is -1.59. The molecule has 0 saturated carbocycles. The lowest BCUT2D eigenvalue weighted by molar-refractivity contribution is -0.137. The van der Waals surface area contributed by atoms with Gasteiger partial charge in [-0.2, -0.15) is 0 Å². The molecule has 0 heterocycles. The van der Waals surface area contributed by atoms with E-state index in [2.05, 4.69) is 5.32 Å². The number of carboxylic acids is 1. The lowest BCUT2D eigenvalue weighted by Crippen LogP contribution is -2.37. The molecule has 15 heavy (non-hydrogen) atoms. The van der Waals surface area contributed by atoms with Crippen molar-refractivity contribution in [3.63, 3.8) is 0 Å². The smallest absolute Gasteiger partial charge is 0.303 e. The molecule has 0 radical (unpaired) electrons. The van der Waals surface area contributed by atoms with Crippen molar-refractivity contribution < 1.29 is 19.5 Å². The minimum absolute atomic E-state index is 0.0394. The zero-order valence-electron chi connectivity index (χ0n) is 8.95. The Morgan fingerprint density at radius 1 is 1.33 bits per heavy atom. The number of rotatable bonds is 6. The SMILES string of the molecule is CC(=O)NCC(=O)N(C)CCCC(=O)O. The number of nitrogens with one attached hydrogen (secondary N) is 1. The maximum atomic E-state index is 11.3. The summed E-state index contributed by atoms with van der Waals surface area (Å²) in [5.41, 5.74) is 0. The zero-order valence-corrected chi connectivity index (χ0v) is 8.95. The summed E-state index contributed by atoms with van der Waals surface area (Å²) in [4.78, 5) is 33.4. The fraction of sp³-hybridized carbons (Fsp3) is 0.667. The van der Waals surface area contributed by atoms with E-state index >= 15 is 0 Å². The summed E-state index contributed by atoms with van der Waals surface area (Å²) in [7, 11) is 1.58. The predicted molar refractivity (Wildman–Crippen MR) is 53.2 cm³/mol. The first-order valence-corrected chi connectivity index (χ1v) is 4.63. The normalized spacial score (nSPS) is 9.47. The van der Waals surface area contributed by atoms with Crippen LogP contribution in [0.5, 0.6) is 0 Å². The van der Waals surface area contributed by atoms with Crippen molar-refractivity contribution in [2.75, 3.05) is 20.1 Å². The molecule has 0 aromatic heterocycles. The Morgan fingerprint density at radius 2 is 1.93 bits per heavy atom. The van der Waals surface area contributed by atoms with Crippen LogP contribution in [0.2, 0.25) is 0 Å². The molecule has 0 spiro atoms. The van der Waals surface area contributed by atoms with E-state index in [1.54, 1.807) is 7.05 Å². The van der Waals surface area contributed by atoms with Crippen molar-refractivity contribution >= 4 is 17.8 Å². The molecule has 0 rings (SSSR count). The summed E-state index contributed by atoms with van der Waals surface area (Å²) in [6.07, 6.45) is 0.454. The minimum Gasteiger partial charge on any atom is -0.481 e. The summed E-state index contributed by atoms with van der Waals surface area (Å²) in [6.45, 7) is 1.67. The van der Waals surface area contributed by atoms with E-state index in [1.165, 1.54) is 11.8 Å².